The molecule has 2 nitrogen and oxygen atoms in total. The number of likely N-dealkylation sites (N-methyl/N-ethyl adjacent to an activating group) is 1. The van der Waals surface area contributed by atoms with E-state index in [4.69, 9.17) is 0 Å². The molecule has 1 rings (SSSR count). The van der Waals surface area contributed by atoms with Crippen LogP contribution in [0.25, 0.3) is 0 Å². The highest BCUT2D eigenvalue weighted by atomic mass is 16.2. The number of carbonyl (C=O) groups is 1. The molecular formula is C12H17NO. The Morgan fingerprint density at radius 1 is 1.36 bits per heavy atom. The van der Waals surface area contributed by atoms with Crippen molar-refractivity contribution in [2.45, 2.75) is 25.7 Å². The van der Waals surface area contributed by atoms with Crippen molar-refractivity contribution in [2.75, 3.05) is 7.05 Å². The Hall–Kier alpha value is -1.31. The Kier molecular flexibility index (Phi) is 3.28. The standard InChI is InChI=1S/C12H17NO/c1-4-12(2,11(14)13-3)10-8-6-5-7-9-10/h5-9H,4H2,1-3H3,(H,13,14)/t12-/m0/s1. The Morgan fingerprint density at radius 2 is 1.93 bits per heavy atom. The number of hydrogen-bond acceptors (Lipinski definition) is 1. The summed E-state index contributed by atoms with van der Waals surface area (Å²) in [7, 11) is 1.68. The topological polar surface area (TPSA) is 29.1 Å². The molecule has 0 aliphatic heterocycles. The molecule has 0 aromatic heterocycles. The second kappa shape index (κ2) is 4.27. The Labute approximate surface area is 85.3 Å². The molecule has 14 heavy (non-hydrogen) atoms. The van der Waals surface area contributed by atoms with E-state index >= 15 is 0 Å². The van der Waals surface area contributed by atoms with Crippen LogP contribution in [0.5, 0.6) is 0 Å². The lowest BCUT2D eigenvalue weighted by Crippen LogP contribution is -2.40. The van der Waals surface area contributed by atoms with E-state index in [9.17, 15) is 4.79 Å². The average molecular weight is 191 g/mol. The van der Waals surface area contributed by atoms with Gasteiger partial charge >= 0.3 is 0 Å². The van der Waals surface area contributed by atoms with Crippen LogP contribution in [-0.2, 0) is 10.2 Å². The van der Waals surface area contributed by atoms with E-state index in [-0.39, 0.29) is 5.91 Å². The molecular weight excluding hydrogens is 174 g/mol. The van der Waals surface area contributed by atoms with Gasteiger partial charge in [0.2, 0.25) is 5.91 Å². The fourth-order valence-corrected chi connectivity index (χ4v) is 1.58. The molecule has 0 bridgehead atoms. The third kappa shape index (κ3) is 1.79. The van der Waals surface area contributed by atoms with Gasteiger partial charge < -0.3 is 5.32 Å². The summed E-state index contributed by atoms with van der Waals surface area (Å²) < 4.78 is 0. The molecule has 0 spiro atoms. The van der Waals surface area contributed by atoms with Crippen LogP contribution in [0.2, 0.25) is 0 Å². The molecule has 1 aromatic carbocycles. The molecule has 2 heteroatoms. The van der Waals surface area contributed by atoms with Crippen LogP contribution in [0.1, 0.15) is 25.8 Å². The summed E-state index contributed by atoms with van der Waals surface area (Å²) in [6.45, 7) is 4.00. The lowest BCUT2D eigenvalue weighted by atomic mass is 9.79. The van der Waals surface area contributed by atoms with E-state index in [2.05, 4.69) is 5.32 Å². The first-order valence-corrected chi connectivity index (χ1v) is 4.93. The van der Waals surface area contributed by atoms with E-state index < -0.39 is 5.41 Å². The zero-order valence-corrected chi connectivity index (χ0v) is 9.00. The van der Waals surface area contributed by atoms with Crippen molar-refractivity contribution in [1.82, 2.24) is 5.32 Å². The Bertz CT molecular complexity index is 307. The molecule has 0 radical (unpaired) electrons. The summed E-state index contributed by atoms with van der Waals surface area (Å²) in [6.07, 6.45) is 0.802. The van der Waals surface area contributed by atoms with Crippen LogP contribution in [0.4, 0.5) is 0 Å². The first-order valence-electron chi connectivity index (χ1n) is 4.93. The normalized spacial score (nSPS) is 14.5. The van der Waals surface area contributed by atoms with Crippen molar-refractivity contribution in [2.24, 2.45) is 0 Å². The van der Waals surface area contributed by atoms with Crippen LogP contribution in [0.3, 0.4) is 0 Å². The first kappa shape index (κ1) is 10.8. The van der Waals surface area contributed by atoms with Gasteiger partial charge in [-0.15, -0.1) is 0 Å². The van der Waals surface area contributed by atoms with Crippen molar-refractivity contribution < 1.29 is 4.79 Å². The minimum Gasteiger partial charge on any atom is -0.358 e. The third-order valence-corrected chi connectivity index (χ3v) is 2.85. The fourth-order valence-electron chi connectivity index (χ4n) is 1.58. The first-order chi connectivity index (χ1) is 6.65. The van der Waals surface area contributed by atoms with Gasteiger partial charge in [0.05, 0.1) is 5.41 Å². The van der Waals surface area contributed by atoms with Crippen LogP contribution in [0, 0.1) is 0 Å². The molecule has 0 saturated heterocycles. The van der Waals surface area contributed by atoms with Gasteiger partial charge in [-0.2, -0.15) is 0 Å². The maximum atomic E-state index is 11.8. The molecule has 0 unspecified atom stereocenters. The van der Waals surface area contributed by atoms with Crippen molar-refractivity contribution >= 4 is 5.91 Å². The van der Waals surface area contributed by atoms with Gasteiger partial charge in [0.1, 0.15) is 0 Å². The lowest BCUT2D eigenvalue weighted by molar-refractivity contribution is -0.125. The quantitative estimate of drug-likeness (QED) is 0.779. The van der Waals surface area contributed by atoms with Gasteiger partial charge in [-0.1, -0.05) is 37.3 Å². The number of hydrogen-bond donors (Lipinski definition) is 1. The molecule has 1 aromatic rings. The third-order valence-electron chi connectivity index (χ3n) is 2.85. The smallest absolute Gasteiger partial charge is 0.230 e. The predicted octanol–water partition coefficient (Wildman–Crippen LogP) is 2.10. The van der Waals surface area contributed by atoms with Crippen LogP contribution < -0.4 is 5.32 Å². The van der Waals surface area contributed by atoms with Gasteiger partial charge in [0, 0.05) is 7.05 Å². The van der Waals surface area contributed by atoms with Crippen molar-refractivity contribution in [3.05, 3.63) is 35.9 Å². The Balaban J connectivity index is 3.08. The number of benzene rings is 1. The molecule has 0 saturated carbocycles. The molecule has 0 fully saturated rings. The zero-order valence-electron chi connectivity index (χ0n) is 9.00. The van der Waals surface area contributed by atoms with Crippen molar-refractivity contribution in [3.63, 3.8) is 0 Å². The van der Waals surface area contributed by atoms with Gasteiger partial charge in [-0.25, -0.2) is 0 Å². The number of rotatable bonds is 3. The molecule has 76 valence electrons. The zero-order chi connectivity index (χ0) is 10.6. The lowest BCUT2D eigenvalue weighted by Gasteiger charge is -2.26. The predicted molar refractivity (Wildman–Crippen MR) is 58.2 cm³/mol. The fraction of sp³-hybridized carbons (Fsp3) is 0.417. The van der Waals surface area contributed by atoms with Gasteiger partial charge in [0.25, 0.3) is 0 Å². The van der Waals surface area contributed by atoms with Crippen LogP contribution >= 0.6 is 0 Å². The maximum absolute atomic E-state index is 11.8. The molecule has 0 aliphatic carbocycles. The van der Waals surface area contributed by atoms with E-state index in [0.29, 0.717) is 0 Å². The number of nitrogens with one attached hydrogen (secondary N) is 1. The average Bonchev–Trinajstić information content (AvgIpc) is 2.28. The summed E-state index contributed by atoms with van der Waals surface area (Å²) in [4.78, 5) is 11.8. The monoisotopic (exact) mass is 191 g/mol. The van der Waals surface area contributed by atoms with Gasteiger partial charge in [-0.3, -0.25) is 4.79 Å². The Morgan fingerprint density at radius 3 is 2.36 bits per heavy atom. The van der Waals surface area contributed by atoms with Crippen LogP contribution in [-0.4, -0.2) is 13.0 Å². The molecule has 1 amide bonds. The summed E-state index contributed by atoms with van der Waals surface area (Å²) >= 11 is 0. The minimum atomic E-state index is -0.407. The molecule has 1 N–H and O–H groups in total. The highest BCUT2D eigenvalue weighted by Gasteiger charge is 2.31. The summed E-state index contributed by atoms with van der Waals surface area (Å²) in [6, 6.07) is 9.89. The number of amides is 1. The van der Waals surface area contributed by atoms with E-state index in [1.165, 1.54) is 0 Å². The SMILES string of the molecule is CC[C@](C)(C(=O)NC)c1ccccc1. The van der Waals surface area contributed by atoms with Gasteiger partial charge in [0.15, 0.2) is 0 Å². The minimum absolute atomic E-state index is 0.0752. The van der Waals surface area contributed by atoms with Crippen molar-refractivity contribution in [1.29, 1.82) is 0 Å². The number of carbonyl (C=O) groups excluding carboxylic acids is 1. The highest BCUT2D eigenvalue weighted by Crippen LogP contribution is 2.27. The second-order valence-corrected chi connectivity index (χ2v) is 3.63. The highest BCUT2D eigenvalue weighted by molar-refractivity contribution is 5.87. The maximum Gasteiger partial charge on any atom is 0.230 e. The van der Waals surface area contributed by atoms with Crippen LogP contribution in [0.15, 0.2) is 30.3 Å². The summed E-state index contributed by atoms with van der Waals surface area (Å²) in [5, 5.41) is 2.72. The van der Waals surface area contributed by atoms with E-state index in [1.807, 2.05) is 44.2 Å². The molecule has 1 atom stereocenters. The molecule has 0 aliphatic rings. The van der Waals surface area contributed by atoms with Gasteiger partial charge in [-0.05, 0) is 18.9 Å². The second-order valence-electron chi connectivity index (χ2n) is 3.63. The molecule has 0 heterocycles. The van der Waals surface area contributed by atoms with E-state index in [1.54, 1.807) is 7.05 Å². The van der Waals surface area contributed by atoms with Crippen molar-refractivity contribution in [3.8, 4) is 0 Å². The largest absolute Gasteiger partial charge is 0.358 e. The summed E-state index contributed by atoms with van der Waals surface area (Å²) in [5.74, 6) is 0.0752. The van der Waals surface area contributed by atoms with E-state index in [0.717, 1.165) is 12.0 Å². The summed E-state index contributed by atoms with van der Waals surface area (Å²) in [5.41, 5.74) is 0.664.